The Morgan fingerprint density at radius 1 is 1.03 bits per heavy atom. The summed E-state index contributed by atoms with van der Waals surface area (Å²) in [4.78, 5) is 2.49. The molecule has 0 unspecified atom stereocenters. The fraction of sp³-hybridized carbons (Fsp3) is 0.583. The van der Waals surface area contributed by atoms with E-state index in [0.717, 1.165) is 70.7 Å². The number of nitrogens with zero attached hydrogens (tertiary/aromatic N) is 3. The molecule has 2 atom stereocenters. The molecule has 3 heterocycles. The van der Waals surface area contributed by atoms with Crippen molar-refractivity contribution < 1.29 is 26.7 Å². The molecule has 3 fully saturated rings. The smallest absolute Gasteiger partial charge is 0.381 e. The van der Waals surface area contributed by atoms with Crippen LogP contribution in [0.2, 0.25) is 0 Å². The lowest BCUT2D eigenvalue weighted by Gasteiger charge is -2.28. The number of fused-ring (bicyclic) bond motifs is 1. The third kappa shape index (κ3) is 4.88. The van der Waals surface area contributed by atoms with Crippen molar-refractivity contribution in [2.24, 2.45) is 17.8 Å². The van der Waals surface area contributed by atoms with Crippen LogP contribution in [-0.4, -0.2) is 54.0 Å². The second-order valence-corrected chi connectivity index (χ2v) is 9.70. The summed E-state index contributed by atoms with van der Waals surface area (Å²) in [6.07, 6.45) is -0.997. The van der Waals surface area contributed by atoms with Crippen molar-refractivity contribution in [3.63, 3.8) is 0 Å². The normalized spacial score (nSPS) is 24.5. The number of hydrogen-bond acceptors (Lipinski definition) is 5. The van der Waals surface area contributed by atoms with Gasteiger partial charge in [0.05, 0.1) is 5.69 Å². The topological polar surface area (TPSA) is 50.3 Å². The van der Waals surface area contributed by atoms with Gasteiger partial charge in [0.15, 0.2) is 17.5 Å². The molecule has 1 N–H and O–H groups in total. The number of benzene rings is 1. The first-order valence-corrected chi connectivity index (χ1v) is 11.7. The van der Waals surface area contributed by atoms with Crippen LogP contribution in [0.25, 0.3) is 11.3 Å². The van der Waals surface area contributed by atoms with E-state index >= 15 is 0 Å². The molecule has 1 aliphatic carbocycles. The van der Waals surface area contributed by atoms with Gasteiger partial charge in [0.2, 0.25) is 0 Å². The number of hydrogen-bond donors (Lipinski definition) is 1. The lowest BCUT2D eigenvalue weighted by atomic mass is 10.00. The van der Waals surface area contributed by atoms with Gasteiger partial charge in [-0.2, -0.15) is 13.2 Å². The van der Waals surface area contributed by atoms with Gasteiger partial charge in [-0.05, 0) is 61.6 Å². The summed E-state index contributed by atoms with van der Waals surface area (Å²) in [7, 11) is 0. The standard InChI is InChI=1S/C24H27F5N4O/c25-20-3-1-2-18(22(20)26)21-10-19(24(27,28)29)23(32-31-21)30-17-8-15-12-33(13-16(15)9-17)11-14-4-6-34-7-5-14/h1-3,10,14-17H,4-9,11-13H2,(H,30,32)/t15-,16-/m1/s1. The zero-order valence-corrected chi connectivity index (χ0v) is 18.6. The molecule has 10 heteroatoms. The molecule has 3 aliphatic rings. The van der Waals surface area contributed by atoms with Crippen molar-refractivity contribution in [1.82, 2.24) is 15.1 Å². The van der Waals surface area contributed by atoms with Gasteiger partial charge in [-0.25, -0.2) is 8.78 Å². The van der Waals surface area contributed by atoms with Crippen molar-refractivity contribution in [3.8, 4) is 11.3 Å². The predicted octanol–water partition coefficient (Wildman–Crippen LogP) is 4.99. The Morgan fingerprint density at radius 3 is 2.41 bits per heavy atom. The van der Waals surface area contributed by atoms with Crippen LogP contribution in [0, 0.1) is 29.4 Å². The van der Waals surface area contributed by atoms with Crippen LogP contribution in [-0.2, 0) is 10.9 Å². The van der Waals surface area contributed by atoms with E-state index in [1.165, 1.54) is 12.1 Å². The van der Waals surface area contributed by atoms with Gasteiger partial charge in [-0.1, -0.05) is 6.07 Å². The van der Waals surface area contributed by atoms with Crippen molar-refractivity contribution in [2.45, 2.75) is 37.9 Å². The molecule has 2 aromatic rings. The highest BCUT2D eigenvalue weighted by Gasteiger charge is 2.43. The monoisotopic (exact) mass is 482 g/mol. The molecule has 5 rings (SSSR count). The van der Waals surface area contributed by atoms with Gasteiger partial charge < -0.3 is 15.0 Å². The number of ether oxygens (including phenoxy) is 1. The number of anilines is 1. The maximum absolute atomic E-state index is 14.1. The first-order chi connectivity index (χ1) is 16.3. The molecule has 1 aromatic carbocycles. The Kier molecular flexibility index (Phi) is 6.45. The SMILES string of the molecule is Fc1cccc(-c2cc(C(F)(F)F)c(NC3C[C@@H]4CN(CC5CCOCC5)C[C@H]4C3)nn2)c1F. The lowest BCUT2D eigenvalue weighted by Crippen LogP contribution is -2.32. The molecule has 0 bridgehead atoms. The molecule has 184 valence electrons. The highest BCUT2D eigenvalue weighted by molar-refractivity contribution is 5.63. The Balaban J connectivity index is 1.26. The van der Waals surface area contributed by atoms with Crippen LogP contribution < -0.4 is 5.32 Å². The summed E-state index contributed by atoms with van der Waals surface area (Å²) >= 11 is 0. The Morgan fingerprint density at radius 2 is 1.74 bits per heavy atom. The van der Waals surface area contributed by atoms with E-state index in [-0.39, 0.29) is 23.1 Å². The lowest BCUT2D eigenvalue weighted by molar-refractivity contribution is -0.137. The molecule has 1 aromatic heterocycles. The molecule has 2 aliphatic heterocycles. The zero-order chi connectivity index (χ0) is 23.9. The average molecular weight is 482 g/mol. The fourth-order valence-corrected chi connectivity index (χ4v) is 5.70. The van der Waals surface area contributed by atoms with Crippen LogP contribution in [0.4, 0.5) is 27.8 Å². The summed E-state index contributed by atoms with van der Waals surface area (Å²) in [6.45, 7) is 4.65. The first-order valence-electron chi connectivity index (χ1n) is 11.7. The van der Waals surface area contributed by atoms with Gasteiger partial charge in [-0.3, -0.25) is 0 Å². The molecular weight excluding hydrogens is 455 g/mol. The maximum atomic E-state index is 14.1. The van der Waals surface area contributed by atoms with Gasteiger partial charge in [0, 0.05) is 44.5 Å². The predicted molar refractivity (Wildman–Crippen MR) is 116 cm³/mol. The molecule has 0 amide bonds. The molecule has 5 nitrogen and oxygen atoms in total. The van der Waals surface area contributed by atoms with E-state index in [1.54, 1.807) is 0 Å². The van der Waals surface area contributed by atoms with Crippen LogP contribution in [0.15, 0.2) is 24.3 Å². The first kappa shape index (κ1) is 23.4. The van der Waals surface area contributed by atoms with Crippen LogP contribution in [0.5, 0.6) is 0 Å². The van der Waals surface area contributed by atoms with E-state index in [2.05, 4.69) is 20.4 Å². The van der Waals surface area contributed by atoms with Gasteiger partial charge in [0.1, 0.15) is 5.56 Å². The number of halogens is 5. The zero-order valence-electron chi connectivity index (χ0n) is 18.6. The van der Waals surface area contributed by atoms with E-state index in [0.29, 0.717) is 17.8 Å². The van der Waals surface area contributed by atoms with Crippen LogP contribution >= 0.6 is 0 Å². The Hall–Kier alpha value is -2.33. The molecule has 34 heavy (non-hydrogen) atoms. The largest absolute Gasteiger partial charge is 0.420 e. The number of rotatable bonds is 5. The van der Waals surface area contributed by atoms with Gasteiger partial charge in [0.25, 0.3) is 0 Å². The summed E-state index contributed by atoms with van der Waals surface area (Å²) in [5.74, 6) is -1.22. The second-order valence-electron chi connectivity index (χ2n) is 9.70. The highest BCUT2D eigenvalue weighted by atomic mass is 19.4. The molecule has 0 radical (unpaired) electrons. The Labute approximate surface area is 194 Å². The number of nitrogens with one attached hydrogen (secondary N) is 1. The average Bonchev–Trinajstić information content (AvgIpc) is 3.34. The molecular formula is C24H27F5N4O. The minimum Gasteiger partial charge on any atom is -0.381 e. The second kappa shape index (κ2) is 9.37. The fourth-order valence-electron chi connectivity index (χ4n) is 5.70. The van der Waals surface area contributed by atoms with E-state index in [1.807, 2.05) is 0 Å². The number of alkyl halides is 3. The minimum atomic E-state index is -4.72. The van der Waals surface area contributed by atoms with Gasteiger partial charge in [-0.15, -0.1) is 10.2 Å². The third-order valence-corrected chi connectivity index (χ3v) is 7.35. The van der Waals surface area contributed by atoms with Crippen molar-refractivity contribution >= 4 is 5.82 Å². The van der Waals surface area contributed by atoms with Crippen LogP contribution in [0.1, 0.15) is 31.2 Å². The minimum absolute atomic E-state index is 0.132. The van der Waals surface area contributed by atoms with E-state index < -0.39 is 23.4 Å². The quantitative estimate of drug-likeness (QED) is 0.609. The summed E-state index contributed by atoms with van der Waals surface area (Å²) in [5.41, 5.74) is -1.74. The van der Waals surface area contributed by atoms with Crippen molar-refractivity contribution in [3.05, 3.63) is 41.5 Å². The molecule has 1 saturated carbocycles. The summed E-state index contributed by atoms with van der Waals surface area (Å²) < 4.78 is 74.5. The third-order valence-electron chi connectivity index (χ3n) is 7.35. The van der Waals surface area contributed by atoms with Crippen LogP contribution in [0.3, 0.4) is 0 Å². The number of aromatic nitrogens is 2. The molecule has 2 saturated heterocycles. The summed E-state index contributed by atoms with van der Waals surface area (Å²) in [5, 5.41) is 10.5. The summed E-state index contributed by atoms with van der Waals surface area (Å²) in [6, 6.07) is 3.90. The molecule has 0 spiro atoms. The van der Waals surface area contributed by atoms with E-state index in [9.17, 15) is 22.0 Å². The maximum Gasteiger partial charge on any atom is 0.420 e. The van der Waals surface area contributed by atoms with E-state index in [4.69, 9.17) is 4.74 Å². The highest BCUT2D eigenvalue weighted by Crippen LogP contribution is 2.42. The van der Waals surface area contributed by atoms with Gasteiger partial charge >= 0.3 is 6.18 Å². The number of likely N-dealkylation sites (tertiary alicyclic amines) is 1. The Bertz CT molecular complexity index is 1010. The van der Waals surface area contributed by atoms with Crippen molar-refractivity contribution in [2.75, 3.05) is 38.2 Å². The van der Waals surface area contributed by atoms with Crippen molar-refractivity contribution in [1.29, 1.82) is 0 Å².